The quantitative estimate of drug-likeness (QED) is 0.885. The molecule has 1 aromatic rings. The molecule has 1 aromatic carbocycles. The van der Waals surface area contributed by atoms with E-state index in [9.17, 15) is 9.59 Å². The van der Waals surface area contributed by atoms with Crippen molar-refractivity contribution in [3.05, 3.63) is 18.2 Å². The van der Waals surface area contributed by atoms with Crippen LogP contribution in [0.25, 0.3) is 0 Å². The molecule has 1 saturated carbocycles. The number of ether oxygens (including phenoxy) is 3. The molecule has 1 fully saturated rings. The zero-order chi connectivity index (χ0) is 16.1. The van der Waals surface area contributed by atoms with Crippen molar-refractivity contribution < 1.29 is 23.8 Å². The molecule has 0 atom stereocenters. The van der Waals surface area contributed by atoms with Gasteiger partial charge >= 0.3 is 6.03 Å². The molecule has 1 aliphatic heterocycles. The largest absolute Gasteiger partial charge is 0.484 e. The number of amides is 3. The Labute approximate surface area is 134 Å². The number of carbonyl (C=O) groups excluding carboxylic acids is 2. The SMILES string of the molecule is O=C(COc1ccc2c(c1)OCO2)NC(=O)NC1CCCCC1. The zero-order valence-corrected chi connectivity index (χ0v) is 12.8. The predicted octanol–water partition coefficient (Wildman–Crippen LogP) is 1.95. The maximum atomic E-state index is 11.8. The Morgan fingerprint density at radius 3 is 2.74 bits per heavy atom. The lowest BCUT2D eigenvalue weighted by Crippen LogP contribution is -2.46. The number of carbonyl (C=O) groups is 2. The van der Waals surface area contributed by atoms with Gasteiger partial charge in [-0.15, -0.1) is 0 Å². The maximum Gasteiger partial charge on any atom is 0.321 e. The second-order valence-electron chi connectivity index (χ2n) is 5.66. The summed E-state index contributed by atoms with van der Waals surface area (Å²) in [6, 6.07) is 4.74. The number of nitrogens with one attached hydrogen (secondary N) is 2. The van der Waals surface area contributed by atoms with E-state index < -0.39 is 11.9 Å². The molecule has 7 nitrogen and oxygen atoms in total. The van der Waals surface area contributed by atoms with Crippen molar-refractivity contribution in [1.82, 2.24) is 10.6 Å². The molecule has 0 spiro atoms. The van der Waals surface area contributed by atoms with Crippen LogP contribution < -0.4 is 24.8 Å². The van der Waals surface area contributed by atoms with E-state index >= 15 is 0 Å². The summed E-state index contributed by atoms with van der Waals surface area (Å²) in [5.74, 6) is 1.22. The molecule has 2 aliphatic rings. The molecule has 0 radical (unpaired) electrons. The Hall–Kier alpha value is -2.44. The van der Waals surface area contributed by atoms with Gasteiger partial charge in [0.1, 0.15) is 5.75 Å². The molecule has 3 amide bonds. The molecule has 0 saturated heterocycles. The molecule has 124 valence electrons. The lowest BCUT2D eigenvalue weighted by molar-refractivity contribution is -0.122. The first kappa shape index (κ1) is 15.5. The first-order chi connectivity index (χ1) is 11.2. The van der Waals surface area contributed by atoms with Crippen molar-refractivity contribution >= 4 is 11.9 Å². The van der Waals surface area contributed by atoms with Gasteiger partial charge in [0.05, 0.1) is 0 Å². The number of hydrogen-bond acceptors (Lipinski definition) is 5. The zero-order valence-electron chi connectivity index (χ0n) is 12.8. The summed E-state index contributed by atoms with van der Waals surface area (Å²) in [6.45, 7) is -0.0572. The molecule has 1 aliphatic carbocycles. The number of benzene rings is 1. The van der Waals surface area contributed by atoms with Gasteiger partial charge < -0.3 is 19.5 Å². The van der Waals surface area contributed by atoms with Gasteiger partial charge in [-0.2, -0.15) is 0 Å². The van der Waals surface area contributed by atoms with Crippen molar-refractivity contribution in [1.29, 1.82) is 0 Å². The maximum absolute atomic E-state index is 11.8. The predicted molar refractivity (Wildman–Crippen MR) is 81.6 cm³/mol. The van der Waals surface area contributed by atoms with E-state index in [0.29, 0.717) is 17.2 Å². The fourth-order valence-corrected chi connectivity index (χ4v) is 2.75. The highest BCUT2D eigenvalue weighted by Gasteiger charge is 2.18. The Balaban J connectivity index is 1.41. The molecule has 0 aromatic heterocycles. The monoisotopic (exact) mass is 320 g/mol. The van der Waals surface area contributed by atoms with Crippen LogP contribution in [-0.2, 0) is 4.79 Å². The molecule has 0 unspecified atom stereocenters. The second kappa shape index (κ2) is 7.21. The lowest BCUT2D eigenvalue weighted by Gasteiger charge is -2.22. The van der Waals surface area contributed by atoms with Gasteiger partial charge in [0, 0.05) is 12.1 Å². The molecule has 1 heterocycles. The minimum atomic E-state index is -0.490. The van der Waals surface area contributed by atoms with Crippen molar-refractivity contribution in [2.24, 2.45) is 0 Å². The van der Waals surface area contributed by atoms with Crippen molar-refractivity contribution in [3.8, 4) is 17.2 Å². The van der Waals surface area contributed by atoms with Crippen LogP contribution in [0.2, 0.25) is 0 Å². The average molecular weight is 320 g/mol. The third kappa shape index (κ3) is 4.28. The summed E-state index contributed by atoms with van der Waals surface area (Å²) < 4.78 is 15.8. The summed E-state index contributed by atoms with van der Waals surface area (Å²) in [4.78, 5) is 23.5. The van der Waals surface area contributed by atoms with Gasteiger partial charge in [0.2, 0.25) is 6.79 Å². The second-order valence-corrected chi connectivity index (χ2v) is 5.66. The highest BCUT2D eigenvalue weighted by molar-refractivity contribution is 5.95. The summed E-state index contributed by atoms with van der Waals surface area (Å²) in [6.07, 6.45) is 5.38. The summed E-state index contributed by atoms with van der Waals surface area (Å²) in [7, 11) is 0. The molecule has 0 bridgehead atoms. The van der Waals surface area contributed by atoms with E-state index in [2.05, 4.69) is 10.6 Å². The van der Waals surface area contributed by atoms with Crippen LogP contribution in [0.5, 0.6) is 17.2 Å². The van der Waals surface area contributed by atoms with E-state index in [4.69, 9.17) is 14.2 Å². The Kier molecular flexibility index (Phi) is 4.85. The Morgan fingerprint density at radius 2 is 1.91 bits per heavy atom. The van der Waals surface area contributed by atoms with Crippen molar-refractivity contribution in [2.45, 2.75) is 38.1 Å². The van der Waals surface area contributed by atoms with Crippen LogP contribution in [0.3, 0.4) is 0 Å². The summed E-state index contributed by atoms with van der Waals surface area (Å²) in [5, 5.41) is 5.10. The fraction of sp³-hybridized carbons (Fsp3) is 0.500. The van der Waals surface area contributed by atoms with Crippen LogP contribution in [0, 0.1) is 0 Å². The van der Waals surface area contributed by atoms with Crippen LogP contribution in [0.4, 0.5) is 4.79 Å². The van der Waals surface area contributed by atoms with E-state index in [0.717, 1.165) is 25.7 Å². The average Bonchev–Trinajstić information content (AvgIpc) is 3.01. The van der Waals surface area contributed by atoms with Gasteiger partial charge in [-0.1, -0.05) is 19.3 Å². The summed E-state index contributed by atoms with van der Waals surface area (Å²) in [5.41, 5.74) is 0. The first-order valence-electron chi connectivity index (χ1n) is 7.83. The van der Waals surface area contributed by atoms with Crippen LogP contribution in [0.15, 0.2) is 18.2 Å². The minimum Gasteiger partial charge on any atom is -0.484 e. The number of rotatable bonds is 4. The van der Waals surface area contributed by atoms with Gasteiger partial charge in [0.15, 0.2) is 18.1 Å². The minimum absolute atomic E-state index is 0.159. The summed E-state index contributed by atoms with van der Waals surface area (Å²) >= 11 is 0. The number of urea groups is 1. The third-order valence-corrected chi connectivity index (χ3v) is 3.91. The molecule has 2 N–H and O–H groups in total. The van der Waals surface area contributed by atoms with E-state index in [1.807, 2.05) is 0 Å². The molecular formula is C16H20N2O5. The standard InChI is InChI=1S/C16H20N2O5/c19-15(18-16(20)17-11-4-2-1-3-5-11)9-21-12-6-7-13-14(8-12)23-10-22-13/h6-8,11H,1-5,9-10H2,(H2,17,18,19,20). The number of fused-ring (bicyclic) bond motifs is 1. The van der Waals surface area contributed by atoms with E-state index in [-0.39, 0.29) is 19.4 Å². The van der Waals surface area contributed by atoms with Gasteiger partial charge in [0.25, 0.3) is 5.91 Å². The van der Waals surface area contributed by atoms with Crippen molar-refractivity contribution in [3.63, 3.8) is 0 Å². The van der Waals surface area contributed by atoms with Crippen LogP contribution in [0.1, 0.15) is 32.1 Å². The molecule has 3 rings (SSSR count). The number of hydrogen-bond donors (Lipinski definition) is 2. The molecule has 23 heavy (non-hydrogen) atoms. The van der Waals surface area contributed by atoms with Crippen molar-refractivity contribution in [2.75, 3.05) is 13.4 Å². The van der Waals surface area contributed by atoms with Gasteiger partial charge in [-0.05, 0) is 25.0 Å². The molecule has 7 heteroatoms. The van der Waals surface area contributed by atoms with Crippen LogP contribution >= 0.6 is 0 Å². The topological polar surface area (TPSA) is 85.9 Å². The lowest BCUT2D eigenvalue weighted by atomic mass is 9.96. The van der Waals surface area contributed by atoms with Crippen LogP contribution in [-0.4, -0.2) is 31.4 Å². The Morgan fingerprint density at radius 1 is 1.13 bits per heavy atom. The van der Waals surface area contributed by atoms with Gasteiger partial charge in [-0.25, -0.2) is 4.79 Å². The van der Waals surface area contributed by atoms with E-state index in [1.54, 1.807) is 18.2 Å². The smallest absolute Gasteiger partial charge is 0.321 e. The van der Waals surface area contributed by atoms with E-state index in [1.165, 1.54) is 6.42 Å². The van der Waals surface area contributed by atoms with Gasteiger partial charge in [-0.3, -0.25) is 10.1 Å². The third-order valence-electron chi connectivity index (χ3n) is 3.91. The normalized spacial score (nSPS) is 16.7. The number of imide groups is 1. The first-order valence-corrected chi connectivity index (χ1v) is 7.83. The highest BCUT2D eigenvalue weighted by atomic mass is 16.7. The Bertz CT molecular complexity index is 584. The fourth-order valence-electron chi connectivity index (χ4n) is 2.75. The highest BCUT2D eigenvalue weighted by Crippen LogP contribution is 2.34. The molecular weight excluding hydrogens is 300 g/mol.